The van der Waals surface area contributed by atoms with E-state index in [-0.39, 0.29) is 11.9 Å². The van der Waals surface area contributed by atoms with E-state index >= 15 is 0 Å². The molecule has 0 saturated heterocycles. The Morgan fingerprint density at radius 3 is 2.11 bits per heavy atom. The summed E-state index contributed by atoms with van der Waals surface area (Å²) in [5.41, 5.74) is 1.43. The summed E-state index contributed by atoms with van der Waals surface area (Å²) >= 11 is 0. The van der Waals surface area contributed by atoms with Crippen molar-refractivity contribution in [1.82, 2.24) is 0 Å². The van der Waals surface area contributed by atoms with Gasteiger partial charge < -0.3 is 4.74 Å². The van der Waals surface area contributed by atoms with Gasteiger partial charge in [0, 0.05) is 0 Å². The number of unbranched alkanes of at least 4 members (excludes halogenated alkanes) is 2. The molecule has 0 amide bonds. The molecule has 0 radical (unpaired) electrons. The lowest BCUT2D eigenvalue weighted by Gasteiger charge is -2.29. The van der Waals surface area contributed by atoms with Crippen LogP contribution in [0.5, 0.6) is 5.75 Å². The Morgan fingerprint density at radius 2 is 1.50 bits per heavy atom. The van der Waals surface area contributed by atoms with Crippen LogP contribution in [0.25, 0.3) is 0 Å². The van der Waals surface area contributed by atoms with Gasteiger partial charge >= 0.3 is 5.97 Å². The minimum Gasteiger partial charge on any atom is -0.426 e. The van der Waals surface area contributed by atoms with Crippen molar-refractivity contribution in [3.05, 3.63) is 29.8 Å². The van der Waals surface area contributed by atoms with E-state index in [2.05, 4.69) is 26.0 Å². The van der Waals surface area contributed by atoms with Gasteiger partial charge in [-0.2, -0.15) is 0 Å². The largest absolute Gasteiger partial charge is 0.426 e. The number of esters is 1. The maximum Gasteiger partial charge on any atom is 0.314 e. The first-order valence-electron chi connectivity index (χ1n) is 12.0. The maximum atomic E-state index is 12.5. The Labute approximate surface area is 172 Å². The summed E-state index contributed by atoms with van der Waals surface area (Å²) in [6, 6.07) is 8.41. The molecule has 28 heavy (non-hydrogen) atoms. The second-order valence-corrected chi connectivity index (χ2v) is 9.33. The first-order valence-corrected chi connectivity index (χ1v) is 12.0. The van der Waals surface area contributed by atoms with Crippen LogP contribution >= 0.6 is 0 Å². The lowest BCUT2D eigenvalue weighted by molar-refractivity contribution is -0.140. The molecule has 2 saturated carbocycles. The normalized spacial score (nSPS) is 28.1. The fourth-order valence-corrected chi connectivity index (χ4v) is 5.28. The van der Waals surface area contributed by atoms with Crippen LogP contribution in [0.1, 0.15) is 109 Å². The Hall–Kier alpha value is -1.31. The van der Waals surface area contributed by atoms with E-state index in [0.29, 0.717) is 5.92 Å². The summed E-state index contributed by atoms with van der Waals surface area (Å²) in [7, 11) is 0. The summed E-state index contributed by atoms with van der Waals surface area (Å²) in [6.07, 6.45) is 16.5. The van der Waals surface area contributed by atoms with Gasteiger partial charge in [-0.05, 0) is 86.8 Å². The molecule has 0 heterocycles. The highest BCUT2D eigenvalue weighted by Gasteiger charge is 2.27. The van der Waals surface area contributed by atoms with Crippen LogP contribution in [-0.2, 0) is 4.79 Å². The van der Waals surface area contributed by atoms with Crippen LogP contribution in [0, 0.1) is 17.8 Å². The third-order valence-corrected chi connectivity index (χ3v) is 7.39. The van der Waals surface area contributed by atoms with Crippen molar-refractivity contribution in [3.63, 3.8) is 0 Å². The monoisotopic (exact) mass is 384 g/mol. The topological polar surface area (TPSA) is 26.3 Å². The Bertz CT molecular complexity index is 575. The van der Waals surface area contributed by atoms with Crippen LogP contribution < -0.4 is 4.74 Å². The van der Waals surface area contributed by atoms with Crippen LogP contribution in [0.2, 0.25) is 0 Å². The van der Waals surface area contributed by atoms with Crippen molar-refractivity contribution in [2.45, 2.75) is 103 Å². The SMILES string of the molecule is CCCCCC1CCC(c2ccc(OC(=O)C3CCC(CC)CC3)cc2)CC1. The van der Waals surface area contributed by atoms with Gasteiger partial charge in [0.1, 0.15) is 5.75 Å². The Morgan fingerprint density at radius 1 is 0.857 bits per heavy atom. The number of carbonyl (C=O) groups is 1. The molecule has 2 heteroatoms. The second-order valence-electron chi connectivity index (χ2n) is 9.33. The van der Waals surface area contributed by atoms with Gasteiger partial charge in [0.15, 0.2) is 0 Å². The number of rotatable bonds is 8. The molecule has 156 valence electrons. The summed E-state index contributed by atoms with van der Waals surface area (Å²) in [5, 5.41) is 0. The average Bonchev–Trinajstić information content (AvgIpc) is 2.75. The predicted molar refractivity (Wildman–Crippen MR) is 117 cm³/mol. The highest BCUT2D eigenvalue weighted by atomic mass is 16.5. The second kappa shape index (κ2) is 11.0. The van der Waals surface area contributed by atoms with Crippen molar-refractivity contribution >= 4 is 5.97 Å². The molecule has 0 N–H and O–H groups in total. The molecule has 0 spiro atoms. The third-order valence-electron chi connectivity index (χ3n) is 7.39. The molecule has 2 aliphatic carbocycles. The van der Waals surface area contributed by atoms with E-state index in [9.17, 15) is 4.79 Å². The number of ether oxygens (including phenoxy) is 1. The molecule has 2 nitrogen and oxygen atoms in total. The molecule has 0 aromatic heterocycles. The molecule has 2 fully saturated rings. The number of hydrogen-bond donors (Lipinski definition) is 0. The molecule has 0 unspecified atom stereocenters. The van der Waals surface area contributed by atoms with E-state index in [1.165, 1.54) is 76.2 Å². The highest BCUT2D eigenvalue weighted by Crippen LogP contribution is 2.38. The van der Waals surface area contributed by atoms with Gasteiger partial charge in [0.05, 0.1) is 5.92 Å². The van der Waals surface area contributed by atoms with E-state index in [1.807, 2.05) is 12.1 Å². The molecule has 3 rings (SSSR count). The number of hydrogen-bond acceptors (Lipinski definition) is 2. The predicted octanol–water partition coefficient (Wildman–Crippen LogP) is 7.66. The van der Waals surface area contributed by atoms with Gasteiger partial charge in [-0.1, -0.05) is 58.1 Å². The van der Waals surface area contributed by atoms with Crippen LogP contribution in [0.15, 0.2) is 24.3 Å². The molecule has 0 atom stereocenters. The summed E-state index contributed by atoms with van der Waals surface area (Å²) < 4.78 is 5.70. The molecule has 1 aromatic carbocycles. The first kappa shape index (κ1) is 21.4. The number of benzene rings is 1. The van der Waals surface area contributed by atoms with Gasteiger partial charge in [-0.15, -0.1) is 0 Å². The fourth-order valence-electron chi connectivity index (χ4n) is 5.28. The Balaban J connectivity index is 1.43. The van der Waals surface area contributed by atoms with Gasteiger partial charge in [-0.3, -0.25) is 4.79 Å². The van der Waals surface area contributed by atoms with Crippen molar-refractivity contribution in [2.24, 2.45) is 17.8 Å². The van der Waals surface area contributed by atoms with Gasteiger partial charge in [0.25, 0.3) is 0 Å². The quantitative estimate of drug-likeness (QED) is 0.261. The highest BCUT2D eigenvalue weighted by molar-refractivity contribution is 5.75. The van der Waals surface area contributed by atoms with E-state index in [4.69, 9.17) is 4.74 Å². The van der Waals surface area contributed by atoms with Crippen LogP contribution in [0.3, 0.4) is 0 Å². The van der Waals surface area contributed by atoms with E-state index < -0.39 is 0 Å². The van der Waals surface area contributed by atoms with Gasteiger partial charge in [0.2, 0.25) is 0 Å². The zero-order valence-corrected chi connectivity index (χ0v) is 18.1. The smallest absolute Gasteiger partial charge is 0.314 e. The molecular weight excluding hydrogens is 344 g/mol. The minimum atomic E-state index is -0.0186. The fraction of sp³-hybridized carbons (Fsp3) is 0.731. The van der Waals surface area contributed by atoms with E-state index in [1.54, 1.807) is 0 Å². The zero-order valence-electron chi connectivity index (χ0n) is 18.1. The first-order chi connectivity index (χ1) is 13.7. The molecule has 0 aliphatic heterocycles. The standard InChI is InChI=1S/C26H40O2/c1-3-5-6-7-21-10-12-22(13-11-21)23-16-18-25(19-17-23)28-26(27)24-14-8-20(4-2)9-15-24/h16-22,24H,3-15H2,1-2H3. The summed E-state index contributed by atoms with van der Waals surface area (Å²) in [4.78, 5) is 12.5. The molecule has 0 bridgehead atoms. The minimum absolute atomic E-state index is 0.0186. The van der Waals surface area contributed by atoms with Crippen LogP contribution in [0.4, 0.5) is 0 Å². The van der Waals surface area contributed by atoms with Crippen molar-refractivity contribution in [2.75, 3.05) is 0 Å². The average molecular weight is 385 g/mol. The molecular formula is C26H40O2. The summed E-state index contributed by atoms with van der Waals surface area (Å²) in [5.74, 6) is 3.26. The lowest BCUT2D eigenvalue weighted by atomic mass is 9.77. The van der Waals surface area contributed by atoms with Crippen molar-refractivity contribution in [1.29, 1.82) is 0 Å². The summed E-state index contributed by atoms with van der Waals surface area (Å²) in [6.45, 7) is 4.54. The Kier molecular flexibility index (Phi) is 8.43. The maximum absolute atomic E-state index is 12.5. The van der Waals surface area contributed by atoms with Crippen LogP contribution in [-0.4, -0.2) is 5.97 Å². The molecule has 1 aromatic rings. The van der Waals surface area contributed by atoms with Gasteiger partial charge in [-0.25, -0.2) is 0 Å². The van der Waals surface area contributed by atoms with Crippen molar-refractivity contribution in [3.8, 4) is 5.75 Å². The lowest BCUT2D eigenvalue weighted by Crippen LogP contribution is -2.25. The number of carbonyl (C=O) groups excluding carboxylic acids is 1. The zero-order chi connectivity index (χ0) is 19.8. The van der Waals surface area contributed by atoms with Crippen molar-refractivity contribution < 1.29 is 9.53 Å². The van der Waals surface area contributed by atoms with E-state index in [0.717, 1.165) is 30.4 Å². The molecule has 2 aliphatic rings. The third kappa shape index (κ3) is 6.09.